The molecule has 0 spiro atoms. The number of hydrogen-bond acceptors (Lipinski definition) is 5. The summed E-state index contributed by atoms with van der Waals surface area (Å²) in [5.41, 5.74) is 2.45. The zero-order valence-corrected chi connectivity index (χ0v) is 14.8. The van der Waals surface area contributed by atoms with Gasteiger partial charge >= 0.3 is 0 Å². The van der Waals surface area contributed by atoms with Gasteiger partial charge in [0.2, 0.25) is 0 Å². The Morgan fingerprint density at radius 2 is 1.48 bits per heavy atom. The van der Waals surface area contributed by atoms with E-state index in [4.69, 9.17) is 0 Å². The van der Waals surface area contributed by atoms with E-state index in [0.29, 0.717) is 16.9 Å². The lowest BCUT2D eigenvalue weighted by molar-refractivity contribution is 0.599. The molecule has 0 radical (unpaired) electrons. The summed E-state index contributed by atoms with van der Waals surface area (Å²) in [6, 6.07) is 7.21. The first-order valence-electron chi connectivity index (χ1n) is 7.40. The zero-order valence-electron chi connectivity index (χ0n) is 14.0. The normalized spacial score (nSPS) is 11.6. The number of nitrogens with zero attached hydrogens (tertiary/aromatic N) is 2. The molecule has 0 unspecified atom stereocenters. The predicted molar refractivity (Wildman–Crippen MR) is 92.3 cm³/mol. The summed E-state index contributed by atoms with van der Waals surface area (Å²) in [6.45, 7) is 9.49. The topological polar surface area (TPSA) is 84.0 Å². The summed E-state index contributed by atoms with van der Waals surface area (Å²) in [7, 11) is -3.70. The van der Waals surface area contributed by atoms with Crippen LogP contribution in [0.5, 0.6) is 0 Å². The highest BCUT2D eigenvalue weighted by Crippen LogP contribution is 2.23. The van der Waals surface area contributed by atoms with Crippen LogP contribution >= 0.6 is 0 Å². The Bertz CT molecular complexity index is 776. The lowest BCUT2D eigenvalue weighted by atomic mass is 10.1. The fraction of sp³-hybridized carbons (Fsp3) is 0.375. The van der Waals surface area contributed by atoms with Crippen molar-refractivity contribution in [1.82, 2.24) is 10.2 Å². The Kier molecular flexibility index (Phi) is 4.89. The lowest BCUT2D eigenvalue weighted by Crippen LogP contribution is -2.17. The highest BCUT2D eigenvalue weighted by atomic mass is 32.2. The molecule has 0 saturated carbocycles. The van der Waals surface area contributed by atoms with Crippen LogP contribution in [0.1, 0.15) is 30.5 Å². The van der Waals surface area contributed by atoms with E-state index in [9.17, 15) is 8.42 Å². The molecule has 1 heterocycles. The molecule has 0 aliphatic carbocycles. The number of nitrogens with one attached hydrogen (secondary N) is 2. The summed E-state index contributed by atoms with van der Waals surface area (Å²) in [4.78, 5) is 0.286. The zero-order chi connectivity index (χ0) is 17.2. The van der Waals surface area contributed by atoms with Crippen LogP contribution in [0.25, 0.3) is 0 Å². The molecular weight excluding hydrogens is 312 g/mol. The van der Waals surface area contributed by atoms with E-state index >= 15 is 0 Å². The molecule has 23 heavy (non-hydrogen) atoms. The van der Waals surface area contributed by atoms with Crippen LogP contribution in [0.15, 0.2) is 29.2 Å². The number of anilines is 2. The minimum atomic E-state index is -3.70. The maximum Gasteiger partial charge on any atom is 0.263 e. The minimum Gasteiger partial charge on any atom is -0.366 e. The monoisotopic (exact) mass is 334 g/mol. The van der Waals surface area contributed by atoms with Crippen LogP contribution in [-0.2, 0) is 10.0 Å². The number of rotatable bonds is 5. The summed E-state index contributed by atoms with van der Waals surface area (Å²) in [6.07, 6.45) is 0. The molecule has 0 saturated heterocycles. The second-order valence-electron chi connectivity index (χ2n) is 5.94. The SMILES string of the molecule is Cc1cc(C)c(S(=O)(=O)Nc2ccc(NC(C)C)nn2)c(C)c1. The van der Waals surface area contributed by atoms with Crippen molar-refractivity contribution in [2.45, 2.75) is 45.6 Å². The summed E-state index contributed by atoms with van der Waals surface area (Å²) < 4.78 is 27.7. The fourth-order valence-corrected chi connectivity index (χ4v) is 3.99. The van der Waals surface area contributed by atoms with Gasteiger partial charge in [-0.05, 0) is 57.9 Å². The highest BCUT2D eigenvalue weighted by Gasteiger charge is 2.20. The molecule has 0 amide bonds. The number of benzene rings is 1. The van der Waals surface area contributed by atoms with Crippen molar-refractivity contribution in [2.24, 2.45) is 0 Å². The van der Waals surface area contributed by atoms with E-state index in [2.05, 4.69) is 20.2 Å². The first-order valence-corrected chi connectivity index (χ1v) is 8.88. The molecule has 0 aliphatic rings. The van der Waals surface area contributed by atoms with Gasteiger partial charge in [0.05, 0.1) is 4.90 Å². The lowest BCUT2D eigenvalue weighted by Gasteiger charge is -2.13. The molecule has 0 bridgehead atoms. The number of sulfonamides is 1. The highest BCUT2D eigenvalue weighted by molar-refractivity contribution is 7.92. The molecule has 124 valence electrons. The van der Waals surface area contributed by atoms with Gasteiger partial charge in [-0.15, -0.1) is 10.2 Å². The third-order valence-corrected chi connectivity index (χ3v) is 4.87. The first-order chi connectivity index (χ1) is 10.7. The van der Waals surface area contributed by atoms with Gasteiger partial charge in [-0.3, -0.25) is 4.72 Å². The van der Waals surface area contributed by atoms with Crippen LogP contribution in [0, 0.1) is 20.8 Å². The van der Waals surface area contributed by atoms with Crippen molar-refractivity contribution in [3.63, 3.8) is 0 Å². The van der Waals surface area contributed by atoms with Crippen molar-refractivity contribution in [1.29, 1.82) is 0 Å². The molecule has 0 atom stereocenters. The van der Waals surface area contributed by atoms with E-state index in [1.165, 1.54) is 0 Å². The fourth-order valence-electron chi connectivity index (χ4n) is 2.54. The van der Waals surface area contributed by atoms with E-state index < -0.39 is 10.0 Å². The molecule has 2 N–H and O–H groups in total. The van der Waals surface area contributed by atoms with Gasteiger partial charge in [-0.1, -0.05) is 17.7 Å². The molecule has 2 rings (SSSR count). The predicted octanol–water partition coefficient (Wildman–Crippen LogP) is 3.02. The smallest absolute Gasteiger partial charge is 0.263 e. The summed E-state index contributed by atoms with van der Waals surface area (Å²) in [5.74, 6) is 0.796. The van der Waals surface area contributed by atoms with Crippen molar-refractivity contribution >= 4 is 21.7 Å². The molecule has 2 aromatic rings. The van der Waals surface area contributed by atoms with Gasteiger partial charge in [0.15, 0.2) is 5.82 Å². The summed E-state index contributed by atoms with van der Waals surface area (Å²) >= 11 is 0. The third kappa shape index (κ3) is 4.19. The largest absolute Gasteiger partial charge is 0.366 e. The number of hydrogen-bond donors (Lipinski definition) is 2. The molecule has 0 aliphatic heterocycles. The van der Waals surface area contributed by atoms with E-state index in [0.717, 1.165) is 5.56 Å². The Morgan fingerprint density at radius 1 is 0.957 bits per heavy atom. The maximum absolute atomic E-state index is 12.6. The number of aromatic nitrogens is 2. The van der Waals surface area contributed by atoms with Gasteiger partial charge in [0.25, 0.3) is 10.0 Å². The summed E-state index contributed by atoms with van der Waals surface area (Å²) in [5, 5.41) is 11.0. The standard InChI is InChI=1S/C16H22N4O2S/c1-10(2)17-14-6-7-15(19-18-14)20-23(21,22)16-12(4)8-11(3)9-13(16)5/h6-10H,1-5H3,(H,17,18)(H,19,20). The van der Waals surface area contributed by atoms with Gasteiger partial charge in [-0.2, -0.15) is 0 Å². The van der Waals surface area contributed by atoms with Gasteiger partial charge in [0, 0.05) is 6.04 Å². The molecule has 1 aromatic carbocycles. The van der Waals surface area contributed by atoms with Crippen LogP contribution in [0.4, 0.5) is 11.6 Å². The average molecular weight is 334 g/mol. The average Bonchev–Trinajstić information content (AvgIpc) is 2.38. The van der Waals surface area contributed by atoms with Crippen LogP contribution < -0.4 is 10.0 Å². The van der Waals surface area contributed by atoms with Crippen molar-refractivity contribution in [3.05, 3.63) is 41.0 Å². The second kappa shape index (κ2) is 6.54. The molecular formula is C16H22N4O2S. The van der Waals surface area contributed by atoms with Crippen molar-refractivity contribution < 1.29 is 8.42 Å². The Labute approximate surface area is 137 Å². The van der Waals surface area contributed by atoms with Gasteiger partial charge in [-0.25, -0.2) is 8.42 Å². The molecule has 7 heteroatoms. The van der Waals surface area contributed by atoms with Crippen molar-refractivity contribution in [3.8, 4) is 0 Å². The Morgan fingerprint density at radius 3 is 1.96 bits per heavy atom. The quantitative estimate of drug-likeness (QED) is 0.878. The Hall–Kier alpha value is -2.15. The van der Waals surface area contributed by atoms with E-state index in [-0.39, 0.29) is 16.8 Å². The minimum absolute atomic E-state index is 0.193. The van der Waals surface area contributed by atoms with Gasteiger partial charge in [0.1, 0.15) is 5.82 Å². The third-order valence-electron chi connectivity index (χ3n) is 3.21. The van der Waals surface area contributed by atoms with Gasteiger partial charge < -0.3 is 5.32 Å². The first kappa shape index (κ1) is 17.2. The Balaban J connectivity index is 2.28. The van der Waals surface area contributed by atoms with E-state index in [1.54, 1.807) is 26.0 Å². The van der Waals surface area contributed by atoms with Crippen LogP contribution in [0.3, 0.4) is 0 Å². The molecule has 0 fully saturated rings. The van der Waals surface area contributed by atoms with Crippen molar-refractivity contribution in [2.75, 3.05) is 10.0 Å². The van der Waals surface area contributed by atoms with Crippen LogP contribution in [0.2, 0.25) is 0 Å². The molecule has 1 aromatic heterocycles. The molecule has 6 nitrogen and oxygen atoms in total. The van der Waals surface area contributed by atoms with Crippen LogP contribution in [-0.4, -0.2) is 24.7 Å². The van der Waals surface area contributed by atoms with E-state index in [1.807, 2.05) is 32.9 Å². The maximum atomic E-state index is 12.6. The number of aryl methyl sites for hydroxylation is 3. The second-order valence-corrected chi connectivity index (χ2v) is 7.56.